The third-order valence-corrected chi connectivity index (χ3v) is 7.68. The number of para-hydroxylation sites is 1. The molecule has 3 heterocycles. The Balaban J connectivity index is 1.33. The number of carbonyl (C=O) groups is 2. The van der Waals surface area contributed by atoms with Gasteiger partial charge >= 0.3 is 0 Å². The number of hydrogen-bond acceptors (Lipinski definition) is 8. The molecule has 1 aromatic heterocycles. The average Bonchev–Trinajstić information content (AvgIpc) is 3.52. The van der Waals surface area contributed by atoms with Gasteiger partial charge in [-0.15, -0.1) is 11.3 Å². The van der Waals surface area contributed by atoms with Gasteiger partial charge in [0, 0.05) is 34.7 Å². The van der Waals surface area contributed by atoms with E-state index in [9.17, 15) is 19.7 Å². The molecule has 0 saturated carbocycles. The zero-order valence-electron chi connectivity index (χ0n) is 19.0. The van der Waals surface area contributed by atoms with Crippen molar-refractivity contribution in [3.05, 3.63) is 92.2 Å². The third kappa shape index (κ3) is 5.07. The highest BCUT2D eigenvalue weighted by atomic mass is 32.2. The molecule has 2 aromatic carbocycles. The molecule has 9 nitrogen and oxygen atoms in total. The van der Waals surface area contributed by atoms with Crippen LogP contribution >= 0.6 is 23.1 Å². The van der Waals surface area contributed by atoms with Crippen molar-refractivity contribution in [3.63, 3.8) is 0 Å². The number of aliphatic imine (C=N–C) groups is 2. The summed E-state index contributed by atoms with van der Waals surface area (Å²) in [5.41, 5.74) is 2.25. The molecule has 5 rings (SSSR count). The molecule has 0 spiro atoms. The molecule has 1 unspecified atom stereocenters. The Morgan fingerprint density at radius 1 is 1.14 bits per heavy atom. The van der Waals surface area contributed by atoms with E-state index in [1.165, 1.54) is 23.9 Å². The molecule has 0 aliphatic carbocycles. The van der Waals surface area contributed by atoms with E-state index in [0.29, 0.717) is 35.4 Å². The number of carbonyl (C=O) groups excluding carboxylic acids is 2. The summed E-state index contributed by atoms with van der Waals surface area (Å²) in [6.07, 6.45) is 0.465. The second-order valence-electron chi connectivity index (χ2n) is 8.18. The largest absolute Gasteiger partial charge is 0.351 e. The van der Waals surface area contributed by atoms with Gasteiger partial charge < -0.3 is 5.32 Å². The number of hydrogen-bond donors (Lipinski definition) is 1. The van der Waals surface area contributed by atoms with Crippen molar-refractivity contribution in [2.24, 2.45) is 9.98 Å². The number of amidine groups is 2. The van der Waals surface area contributed by atoms with Gasteiger partial charge in [-0.3, -0.25) is 24.6 Å². The van der Waals surface area contributed by atoms with E-state index in [1.54, 1.807) is 22.3 Å². The first-order valence-electron chi connectivity index (χ1n) is 11.2. The van der Waals surface area contributed by atoms with Crippen LogP contribution in [0.25, 0.3) is 0 Å². The van der Waals surface area contributed by atoms with Crippen LogP contribution in [0.4, 0.5) is 11.4 Å². The zero-order valence-corrected chi connectivity index (χ0v) is 20.6. The molecule has 0 saturated heterocycles. The Morgan fingerprint density at radius 3 is 2.81 bits per heavy atom. The van der Waals surface area contributed by atoms with Crippen molar-refractivity contribution in [2.45, 2.75) is 31.2 Å². The first-order valence-corrected chi connectivity index (χ1v) is 13.1. The van der Waals surface area contributed by atoms with Crippen molar-refractivity contribution < 1.29 is 14.5 Å². The number of fused-ring (bicyclic) bond motifs is 3. The van der Waals surface area contributed by atoms with Crippen molar-refractivity contribution in [1.29, 1.82) is 0 Å². The van der Waals surface area contributed by atoms with E-state index in [4.69, 9.17) is 4.99 Å². The van der Waals surface area contributed by atoms with E-state index in [0.717, 1.165) is 16.0 Å². The highest BCUT2D eigenvalue weighted by molar-refractivity contribution is 8.13. The maximum atomic E-state index is 12.9. The summed E-state index contributed by atoms with van der Waals surface area (Å²) in [6, 6.07) is 17.2. The Kier molecular flexibility index (Phi) is 6.92. The number of nitrogens with one attached hydrogen (secondary N) is 1. The summed E-state index contributed by atoms with van der Waals surface area (Å²) in [5.74, 6) is 0.506. The lowest BCUT2D eigenvalue weighted by Crippen LogP contribution is -2.44. The van der Waals surface area contributed by atoms with E-state index in [-0.39, 0.29) is 23.9 Å². The van der Waals surface area contributed by atoms with Gasteiger partial charge in [-0.25, -0.2) is 4.99 Å². The molecule has 1 atom stereocenters. The maximum absolute atomic E-state index is 12.9. The number of benzene rings is 2. The fourth-order valence-electron chi connectivity index (χ4n) is 4.04. The summed E-state index contributed by atoms with van der Waals surface area (Å²) in [7, 11) is 0. The van der Waals surface area contributed by atoms with Gasteiger partial charge in [0.1, 0.15) is 11.9 Å². The minimum absolute atomic E-state index is 0.0223. The lowest BCUT2D eigenvalue weighted by molar-refractivity contribution is -0.384. The van der Waals surface area contributed by atoms with Crippen molar-refractivity contribution >= 4 is 57.3 Å². The standard InChI is InChI=1S/C25H21N5O4S2/c31-22(26-14-18-7-4-12-35-18)11-10-21-24(32)28-23-19-8-1-2-9-20(19)27-25(29(21)23)36-15-16-5-3-6-17(13-16)30(33)34/h1-9,12-13,21H,10-11,14-15H2,(H,26,31). The number of thioether (sulfide) groups is 1. The zero-order chi connectivity index (χ0) is 25.1. The molecule has 0 radical (unpaired) electrons. The van der Waals surface area contributed by atoms with Gasteiger partial charge in [0.25, 0.3) is 11.6 Å². The molecule has 2 aliphatic rings. The van der Waals surface area contributed by atoms with Crippen LogP contribution in [0.1, 0.15) is 28.8 Å². The van der Waals surface area contributed by atoms with Gasteiger partial charge in [0.05, 0.1) is 17.2 Å². The predicted molar refractivity (Wildman–Crippen MR) is 140 cm³/mol. The van der Waals surface area contributed by atoms with Gasteiger partial charge in [0.2, 0.25) is 5.91 Å². The van der Waals surface area contributed by atoms with E-state index in [1.807, 2.05) is 47.8 Å². The normalized spacial score (nSPS) is 16.2. The van der Waals surface area contributed by atoms with Crippen LogP contribution < -0.4 is 5.32 Å². The number of non-ortho nitro benzene ring substituents is 1. The Bertz CT molecular complexity index is 1390. The van der Waals surface area contributed by atoms with Crippen LogP contribution in [0.5, 0.6) is 0 Å². The fraction of sp³-hybridized carbons (Fsp3) is 0.200. The Hall–Kier alpha value is -3.83. The monoisotopic (exact) mass is 519 g/mol. The summed E-state index contributed by atoms with van der Waals surface area (Å²) >= 11 is 2.95. The molecular weight excluding hydrogens is 498 g/mol. The number of rotatable bonds is 8. The summed E-state index contributed by atoms with van der Waals surface area (Å²) < 4.78 is 0. The maximum Gasteiger partial charge on any atom is 0.270 e. The summed E-state index contributed by atoms with van der Waals surface area (Å²) in [6.45, 7) is 0.458. The van der Waals surface area contributed by atoms with Crippen molar-refractivity contribution in [1.82, 2.24) is 10.2 Å². The SMILES string of the molecule is O=C(CCC1C(=O)N=C2c3ccccc3N=C(SCc3cccc([N+](=O)[O-])c3)N21)NCc1cccs1. The van der Waals surface area contributed by atoms with Crippen LogP contribution in [0, 0.1) is 10.1 Å². The molecule has 3 aromatic rings. The molecule has 182 valence electrons. The fourth-order valence-corrected chi connectivity index (χ4v) is 5.67. The lowest BCUT2D eigenvalue weighted by Gasteiger charge is -2.31. The topological polar surface area (TPSA) is 117 Å². The molecule has 2 amide bonds. The highest BCUT2D eigenvalue weighted by Gasteiger charge is 2.41. The molecular formula is C25H21N5O4S2. The third-order valence-electron chi connectivity index (χ3n) is 5.78. The van der Waals surface area contributed by atoms with Gasteiger partial charge in [0.15, 0.2) is 5.17 Å². The van der Waals surface area contributed by atoms with Crippen LogP contribution in [0.2, 0.25) is 0 Å². The first kappa shape index (κ1) is 23.9. The van der Waals surface area contributed by atoms with Crippen molar-refractivity contribution in [3.8, 4) is 0 Å². The van der Waals surface area contributed by atoms with Gasteiger partial charge in [-0.2, -0.15) is 4.99 Å². The number of amides is 2. The molecule has 36 heavy (non-hydrogen) atoms. The van der Waals surface area contributed by atoms with Crippen molar-refractivity contribution in [2.75, 3.05) is 0 Å². The first-order chi connectivity index (χ1) is 17.5. The van der Waals surface area contributed by atoms with E-state index in [2.05, 4.69) is 10.3 Å². The van der Waals surface area contributed by atoms with E-state index < -0.39 is 11.0 Å². The summed E-state index contributed by atoms with van der Waals surface area (Å²) in [5, 5.41) is 16.6. The highest BCUT2D eigenvalue weighted by Crippen LogP contribution is 2.36. The number of nitro benzene ring substituents is 1. The van der Waals surface area contributed by atoms with Crippen LogP contribution in [-0.2, 0) is 21.9 Å². The van der Waals surface area contributed by atoms with Crippen LogP contribution in [0.15, 0.2) is 76.0 Å². The van der Waals surface area contributed by atoms with Gasteiger partial charge in [-0.1, -0.05) is 42.1 Å². The quantitative estimate of drug-likeness (QED) is 0.342. The second kappa shape index (κ2) is 10.4. The number of thiophene rings is 1. The number of nitrogens with zero attached hydrogens (tertiary/aromatic N) is 4. The molecule has 11 heteroatoms. The molecule has 2 aliphatic heterocycles. The number of nitro groups is 1. The Labute approximate surface area is 215 Å². The smallest absolute Gasteiger partial charge is 0.270 e. The predicted octanol–water partition coefficient (Wildman–Crippen LogP) is 4.64. The van der Waals surface area contributed by atoms with E-state index >= 15 is 0 Å². The second-order valence-corrected chi connectivity index (χ2v) is 10.2. The summed E-state index contributed by atoms with van der Waals surface area (Å²) in [4.78, 5) is 48.1. The molecule has 0 bridgehead atoms. The van der Waals surface area contributed by atoms with Crippen LogP contribution in [0.3, 0.4) is 0 Å². The van der Waals surface area contributed by atoms with Gasteiger partial charge in [-0.05, 0) is 35.6 Å². The Morgan fingerprint density at radius 2 is 2.00 bits per heavy atom. The minimum Gasteiger partial charge on any atom is -0.351 e. The minimum atomic E-state index is -0.641. The molecule has 0 fully saturated rings. The average molecular weight is 520 g/mol. The lowest BCUT2D eigenvalue weighted by atomic mass is 10.1. The van der Waals surface area contributed by atoms with Crippen LogP contribution in [-0.4, -0.2) is 38.7 Å². The molecule has 1 N–H and O–H groups in total.